The number of rotatable bonds is 1. The Balaban J connectivity index is 2.20. The first-order valence-electron chi connectivity index (χ1n) is 6.37. The average Bonchev–Trinajstić information content (AvgIpc) is 2.63. The van der Waals surface area contributed by atoms with E-state index in [9.17, 15) is 4.79 Å². The smallest absolute Gasteiger partial charge is 0.347 e. The van der Waals surface area contributed by atoms with Crippen molar-refractivity contribution in [2.75, 3.05) is 11.9 Å². The van der Waals surface area contributed by atoms with Gasteiger partial charge in [0, 0.05) is 15.7 Å². The molecule has 0 spiro atoms. The van der Waals surface area contributed by atoms with E-state index in [0.29, 0.717) is 0 Å². The minimum atomic E-state index is -0.290. The number of fused-ring (bicyclic) bond motifs is 1. The molecule has 19 heavy (non-hydrogen) atoms. The second-order valence-corrected chi connectivity index (χ2v) is 5.88. The zero-order valence-electron chi connectivity index (χ0n) is 10.4. The van der Waals surface area contributed by atoms with Gasteiger partial charge in [-0.15, -0.1) is 0 Å². The summed E-state index contributed by atoms with van der Waals surface area (Å²) in [6.45, 7) is 0.884. The van der Waals surface area contributed by atoms with Crippen molar-refractivity contribution in [2.45, 2.75) is 19.3 Å². The molecule has 1 aromatic heterocycles. The van der Waals surface area contributed by atoms with Gasteiger partial charge in [-0.05, 0) is 59.5 Å². The van der Waals surface area contributed by atoms with E-state index in [2.05, 4.69) is 43.9 Å². The van der Waals surface area contributed by atoms with Gasteiger partial charge in [0.1, 0.15) is 5.82 Å². The Morgan fingerprint density at radius 3 is 3.00 bits per heavy atom. The van der Waals surface area contributed by atoms with E-state index >= 15 is 0 Å². The fourth-order valence-corrected chi connectivity index (χ4v) is 2.95. The monoisotopic (exact) mass is 367 g/mol. The largest absolute Gasteiger partial charge is 0.370 e. The molecule has 0 bridgehead atoms. The topological polar surface area (TPSA) is 57.8 Å². The van der Waals surface area contributed by atoms with Crippen LogP contribution in [0.25, 0.3) is 11.3 Å². The van der Waals surface area contributed by atoms with Crippen LogP contribution in [0.1, 0.15) is 18.4 Å². The lowest BCUT2D eigenvalue weighted by Gasteiger charge is -2.11. The van der Waals surface area contributed by atoms with Gasteiger partial charge in [-0.3, -0.25) is 0 Å². The van der Waals surface area contributed by atoms with Crippen LogP contribution in [0.2, 0.25) is 0 Å². The van der Waals surface area contributed by atoms with E-state index in [-0.39, 0.29) is 5.69 Å². The number of hydrogen-bond acceptors (Lipinski definition) is 3. The van der Waals surface area contributed by atoms with Gasteiger partial charge in [0.2, 0.25) is 0 Å². The Morgan fingerprint density at radius 2 is 2.16 bits per heavy atom. The number of halogens is 1. The van der Waals surface area contributed by atoms with E-state index in [1.165, 1.54) is 0 Å². The van der Waals surface area contributed by atoms with Crippen LogP contribution >= 0.6 is 22.6 Å². The van der Waals surface area contributed by atoms with Crippen LogP contribution in [0.4, 0.5) is 5.82 Å². The maximum atomic E-state index is 11.7. The Morgan fingerprint density at radius 1 is 1.26 bits per heavy atom. The zero-order chi connectivity index (χ0) is 13.2. The first-order chi connectivity index (χ1) is 9.24. The summed E-state index contributed by atoms with van der Waals surface area (Å²) in [6, 6.07) is 8.16. The third-order valence-corrected chi connectivity index (χ3v) is 3.96. The van der Waals surface area contributed by atoms with Crippen molar-refractivity contribution in [3.63, 3.8) is 0 Å². The Hall–Kier alpha value is -1.37. The summed E-state index contributed by atoms with van der Waals surface area (Å²) >= 11 is 2.28. The molecule has 0 unspecified atom stereocenters. The molecule has 2 aromatic rings. The molecule has 1 aliphatic rings. The van der Waals surface area contributed by atoms with Crippen molar-refractivity contribution in [2.24, 2.45) is 0 Å². The van der Waals surface area contributed by atoms with Crippen molar-refractivity contribution < 1.29 is 0 Å². The van der Waals surface area contributed by atoms with E-state index < -0.39 is 0 Å². The van der Waals surface area contributed by atoms with Crippen molar-refractivity contribution in [3.05, 3.63) is 43.9 Å². The average molecular weight is 367 g/mol. The van der Waals surface area contributed by atoms with Gasteiger partial charge in [-0.1, -0.05) is 12.1 Å². The molecule has 0 aliphatic carbocycles. The lowest BCUT2D eigenvalue weighted by atomic mass is 10.0. The van der Waals surface area contributed by atoms with Gasteiger partial charge in [-0.25, -0.2) is 4.79 Å². The molecule has 98 valence electrons. The number of benzene rings is 1. The van der Waals surface area contributed by atoms with Crippen LogP contribution in [0.3, 0.4) is 0 Å². The first kappa shape index (κ1) is 12.7. The number of nitrogens with one attached hydrogen (secondary N) is 2. The third kappa shape index (κ3) is 2.65. The van der Waals surface area contributed by atoms with E-state index in [1.807, 2.05) is 18.2 Å². The Kier molecular flexibility index (Phi) is 3.54. The highest BCUT2D eigenvalue weighted by Gasteiger charge is 2.16. The number of aromatic nitrogens is 2. The molecule has 1 aromatic carbocycles. The predicted molar refractivity (Wildman–Crippen MR) is 84.4 cm³/mol. The second kappa shape index (κ2) is 5.32. The summed E-state index contributed by atoms with van der Waals surface area (Å²) in [6.07, 6.45) is 3.17. The molecular formula is C14H14IN3O. The van der Waals surface area contributed by atoms with E-state index in [1.54, 1.807) is 0 Å². The van der Waals surface area contributed by atoms with Gasteiger partial charge in [0.15, 0.2) is 0 Å². The fourth-order valence-electron chi connectivity index (χ4n) is 2.41. The normalized spacial score (nSPS) is 14.4. The molecule has 0 atom stereocenters. The molecule has 0 fully saturated rings. The van der Waals surface area contributed by atoms with Crippen LogP contribution in [-0.2, 0) is 6.42 Å². The van der Waals surface area contributed by atoms with Crippen molar-refractivity contribution in [1.82, 2.24) is 9.97 Å². The number of hydrogen-bond donors (Lipinski definition) is 2. The van der Waals surface area contributed by atoms with Crippen molar-refractivity contribution in [3.8, 4) is 11.3 Å². The molecule has 4 nitrogen and oxygen atoms in total. The van der Waals surface area contributed by atoms with Crippen molar-refractivity contribution >= 4 is 28.4 Å². The van der Waals surface area contributed by atoms with Crippen LogP contribution in [0, 0.1) is 3.57 Å². The number of nitrogens with zero attached hydrogens (tertiary/aromatic N) is 1. The Bertz CT molecular complexity index is 666. The van der Waals surface area contributed by atoms with Gasteiger partial charge < -0.3 is 10.3 Å². The quantitative estimate of drug-likeness (QED) is 0.763. The summed E-state index contributed by atoms with van der Waals surface area (Å²) in [4.78, 5) is 18.7. The summed E-state index contributed by atoms with van der Waals surface area (Å²) in [5.74, 6) is 0.745. The van der Waals surface area contributed by atoms with Gasteiger partial charge in [0.25, 0.3) is 0 Å². The van der Waals surface area contributed by atoms with Gasteiger partial charge in [-0.2, -0.15) is 4.98 Å². The summed E-state index contributed by atoms with van der Waals surface area (Å²) in [5, 5.41) is 3.26. The number of H-pyrrole nitrogens is 1. The molecule has 1 aliphatic heterocycles. The molecule has 5 heteroatoms. The molecule has 0 saturated heterocycles. The highest BCUT2D eigenvalue weighted by atomic mass is 127. The lowest BCUT2D eigenvalue weighted by molar-refractivity contribution is 0.785. The summed E-state index contributed by atoms with van der Waals surface area (Å²) in [7, 11) is 0. The lowest BCUT2D eigenvalue weighted by Crippen LogP contribution is -2.17. The molecule has 2 N–H and O–H groups in total. The fraction of sp³-hybridized carbons (Fsp3) is 0.286. The minimum Gasteiger partial charge on any atom is -0.370 e. The van der Waals surface area contributed by atoms with Crippen LogP contribution in [0.15, 0.2) is 29.1 Å². The predicted octanol–water partition coefficient (Wildman–Crippen LogP) is 2.79. The standard InChI is InChI=1S/C14H14IN3O/c15-10-5-3-4-9(8-10)12-11-6-1-2-7-16-13(11)18-14(19)17-12/h3-5,8H,1-2,6-7H2,(H2,16,17,18,19). The van der Waals surface area contributed by atoms with Crippen LogP contribution in [0.5, 0.6) is 0 Å². The van der Waals surface area contributed by atoms with Crippen molar-refractivity contribution in [1.29, 1.82) is 0 Å². The van der Waals surface area contributed by atoms with Crippen LogP contribution < -0.4 is 11.0 Å². The summed E-state index contributed by atoms with van der Waals surface area (Å²) in [5.41, 5.74) is 2.79. The molecule has 0 amide bonds. The highest BCUT2D eigenvalue weighted by Crippen LogP contribution is 2.28. The third-order valence-electron chi connectivity index (χ3n) is 3.29. The SMILES string of the molecule is O=c1nc2c(c(-c3cccc(I)c3)[nH]1)CCCCN2. The van der Waals surface area contributed by atoms with Crippen LogP contribution in [-0.4, -0.2) is 16.5 Å². The minimum absolute atomic E-state index is 0.290. The maximum Gasteiger partial charge on any atom is 0.347 e. The highest BCUT2D eigenvalue weighted by molar-refractivity contribution is 14.1. The van der Waals surface area contributed by atoms with E-state index in [4.69, 9.17) is 0 Å². The molecule has 3 rings (SSSR count). The van der Waals surface area contributed by atoms with Gasteiger partial charge in [0.05, 0.1) is 5.69 Å². The second-order valence-electron chi connectivity index (χ2n) is 4.64. The molecule has 2 heterocycles. The number of anilines is 1. The first-order valence-corrected chi connectivity index (χ1v) is 7.45. The van der Waals surface area contributed by atoms with Gasteiger partial charge >= 0.3 is 5.69 Å². The molecule has 0 radical (unpaired) electrons. The molecule has 0 saturated carbocycles. The maximum absolute atomic E-state index is 11.7. The van der Waals surface area contributed by atoms with E-state index in [0.717, 1.165) is 52.0 Å². The molecular weight excluding hydrogens is 353 g/mol. The Labute approximate surface area is 124 Å². The zero-order valence-corrected chi connectivity index (χ0v) is 12.5. The number of aromatic amines is 1. The summed E-state index contributed by atoms with van der Waals surface area (Å²) < 4.78 is 1.16.